The Balaban J connectivity index is 2.20. The molecule has 0 aromatic carbocycles. The Morgan fingerprint density at radius 3 is 2.75 bits per heavy atom. The van der Waals surface area contributed by atoms with Gasteiger partial charge in [0.2, 0.25) is 5.91 Å². The van der Waals surface area contributed by atoms with Gasteiger partial charge in [0.25, 0.3) is 0 Å². The van der Waals surface area contributed by atoms with E-state index in [1.807, 2.05) is 6.92 Å². The molecule has 1 aliphatic rings. The SMILES string of the molecule is CN(C)C(=O)CCCN1CCCC(C)(O)C1. The summed E-state index contributed by atoms with van der Waals surface area (Å²) in [5.41, 5.74) is -0.538. The quantitative estimate of drug-likeness (QED) is 0.770. The van der Waals surface area contributed by atoms with Crippen molar-refractivity contribution in [2.45, 2.75) is 38.2 Å². The molecular formula is C12H24N2O2. The van der Waals surface area contributed by atoms with Gasteiger partial charge < -0.3 is 14.9 Å². The van der Waals surface area contributed by atoms with E-state index in [9.17, 15) is 9.90 Å². The highest BCUT2D eigenvalue weighted by Gasteiger charge is 2.27. The van der Waals surface area contributed by atoms with Crippen molar-refractivity contribution in [3.63, 3.8) is 0 Å². The Hall–Kier alpha value is -0.610. The molecule has 1 amide bonds. The van der Waals surface area contributed by atoms with Crippen LogP contribution in [0.25, 0.3) is 0 Å². The Labute approximate surface area is 98.2 Å². The van der Waals surface area contributed by atoms with Crippen LogP contribution >= 0.6 is 0 Å². The number of hydrogen-bond acceptors (Lipinski definition) is 3. The fraction of sp³-hybridized carbons (Fsp3) is 0.917. The van der Waals surface area contributed by atoms with Crippen LogP contribution in [0.15, 0.2) is 0 Å². The van der Waals surface area contributed by atoms with Gasteiger partial charge in [-0.05, 0) is 39.3 Å². The number of carbonyl (C=O) groups excluding carboxylic acids is 1. The number of aliphatic hydroxyl groups is 1. The lowest BCUT2D eigenvalue weighted by Gasteiger charge is -2.36. The molecule has 1 N–H and O–H groups in total. The molecule has 1 rings (SSSR count). The van der Waals surface area contributed by atoms with Crippen molar-refractivity contribution in [2.75, 3.05) is 33.7 Å². The molecule has 0 aliphatic carbocycles. The second-order valence-electron chi connectivity index (χ2n) is 5.27. The number of nitrogens with zero attached hydrogens (tertiary/aromatic N) is 2. The van der Waals surface area contributed by atoms with Crippen LogP contribution in [0.4, 0.5) is 0 Å². The highest BCUT2D eigenvalue weighted by molar-refractivity contribution is 5.75. The smallest absolute Gasteiger partial charge is 0.222 e. The molecule has 4 nitrogen and oxygen atoms in total. The molecule has 4 heteroatoms. The minimum absolute atomic E-state index is 0.184. The fourth-order valence-electron chi connectivity index (χ4n) is 2.19. The standard InChI is InChI=1S/C12H24N2O2/c1-12(16)7-5-9-14(10-12)8-4-6-11(15)13(2)3/h16H,4-10H2,1-3H3. The lowest BCUT2D eigenvalue weighted by atomic mass is 9.95. The highest BCUT2D eigenvalue weighted by Crippen LogP contribution is 2.20. The number of hydrogen-bond donors (Lipinski definition) is 1. The van der Waals surface area contributed by atoms with E-state index in [0.29, 0.717) is 6.42 Å². The predicted octanol–water partition coefficient (Wildman–Crippen LogP) is 0.702. The van der Waals surface area contributed by atoms with Gasteiger partial charge in [-0.3, -0.25) is 4.79 Å². The molecule has 0 aromatic rings. The third-order valence-corrected chi connectivity index (χ3v) is 3.12. The minimum Gasteiger partial charge on any atom is -0.389 e. The van der Waals surface area contributed by atoms with Crippen molar-refractivity contribution in [1.29, 1.82) is 0 Å². The summed E-state index contributed by atoms with van der Waals surface area (Å²) >= 11 is 0. The van der Waals surface area contributed by atoms with E-state index in [1.54, 1.807) is 19.0 Å². The second-order valence-corrected chi connectivity index (χ2v) is 5.27. The van der Waals surface area contributed by atoms with Crippen LogP contribution in [0.2, 0.25) is 0 Å². The van der Waals surface area contributed by atoms with E-state index in [0.717, 1.165) is 38.9 Å². The molecule has 1 aliphatic heterocycles. The van der Waals surface area contributed by atoms with Gasteiger partial charge in [0.1, 0.15) is 0 Å². The summed E-state index contributed by atoms with van der Waals surface area (Å²) in [6, 6.07) is 0. The summed E-state index contributed by atoms with van der Waals surface area (Å²) in [5, 5.41) is 9.92. The van der Waals surface area contributed by atoms with Crippen LogP contribution in [0.3, 0.4) is 0 Å². The summed E-state index contributed by atoms with van der Waals surface area (Å²) in [7, 11) is 3.57. The van der Waals surface area contributed by atoms with Crippen LogP contribution in [-0.2, 0) is 4.79 Å². The zero-order valence-corrected chi connectivity index (χ0v) is 10.7. The molecule has 16 heavy (non-hydrogen) atoms. The van der Waals surface area contributed by atoms with Gasteiger partial charge >= 0.3 is 0 Å². The Morgan fingerprint density at radius 2 is 2.19 bits per heavy atom. The predicted molar refractivity (Wildman–Crippen MR) is 64.2 cm³/mol. The van der Waals surface area contributed by atoms with E-state index in [1.165, 1.54) is 0 Å². The second kappa shape index (κ2) is 5.64. The number of β-amino-alcohol motifs (C(OH)–C–C–N with tert-alkyl or cyclic N) is 1. The van der Waals surface area contributed by atoms with Gasteiger partial charge in [-0.1, -0.05) is 0 Å². The van der Waals surface area contributed by atoms with Crippen LogP contribution in [0, 0.1) is 0 Å². The molecule has 1 fully saturated rings. The molecule has 1 atom stereocenters. The van der Waals surface area contributed by atoms with Crippen molar-refractivity contribution in [3.8, 4) is 0 Å². The molecule has 0 saturated carbocycles. The minimum atomic E-state index is -0.538. The lowest BCUT2D eigenvalue weighted by Crippen LogP contribution is -2.46. The normalized spacial score (nSPS) is 26.8. The van der Waals surface area contributed by atoms with Crippen LogP contribution in [-0.4, -0.2) is 60.1 Å². The maximum Gasteiger partial charge on any atom is 0.222 e. The van der Waals surface area contributed by atoms with Gasteiger partial charge in [0.15, 0.2) is 0 Å². The number of rotatable bonds is 4. The van der Waals surface area contributed by atoms with Gasteiger partial charge in [-0.15, -0.1) is 0 Å². The topological polar surface area (TPSA) is 43.8 Å². The summed E-state index contributed by atoms with van der Waals surface area (Å²) in [4.78, 5) is 15.3. The molecule has 0 aromatic heterocycles. The first kappa shape index (κ1) is 13.5. The maximum atomic E-state index is 11.4. The highest BCUT2D eigenvalue weighted by atomic mass is 16.3. The molecule has 1 saturated heterocycles. The van der Waals surface area contributed by atoms with Crippen molar-refractivity contribution in [1.82, 2.24) is 9.80 Å². The largest absolute Gasteiger partial charge is 0.389 e. The van der Waals surface area contributed by atoms with Gasteiger partial charge in [-0.2, -0.15) is 0 Å². The Kier molecular flexibility index (Phi) is 4.74. The average molecular weight is 228 g/mol. The molecule has 0 radical (unpaired) electrons. The average Bonchev–Trinajstić information content (AvgIpc) is 2.15. The summed E-state index contributed by atoms with van der Waals surface area (Å²) in [6.07, 6.45) is 3.42. The number of amides is 1. The van der Waals surface area contributed by atoms with Gasteiger partial charge in [0.05, 0.1) is 5.60 Å². The number of likely N-dealkylation sites (tertiary alicyclic amines) is 1. The summed E-state index contributed by atoms with van der Waals surface area (Å²) in [6.45, 7) is 4.59. The van der Waals surface area contributed by atoms with Gasteiger partial charge in [-0.25, -0.2) is 0 Å². The van der Waals surface area contributed by atoms with E-state index in [4.69, 9.17) is 0 Å². The van der Waals surface area contributed by atoms with Crippen molar-refractivity contribution >= 4 is 5.91 Å². The van der Waals surface area contributed by atoms with Crippen LogP contribution in [0.5, 0.6) is 0 Å². The first-order valence-electron chi connectivity index (χ1n) is 6.06. The van der Waals surface area contributed by atoms with Gasteiger partial charge in [0, 0.05) is 27.1 Å². The lowest BCUT2D eigenvalue weighted by molar-refractivity contribution is -0.128. The van der Waals surface area contributed by atoms with E-state index >= 15 is 0 Å². The van der Waals surface area contributed by atoms with E-state index in [2.05, 4.69) is 4.90 Å². The monoisotopic (exact) mass is 228 g/mol. The summed E-state index contributed by atoms with van der Waals surface area (Å²) < 4.78 is 0. The fourth-order valence-corrected chi connectivity index (χ4v) is 2.19. The molecule has 0 spiro atoms. The molecule has 1 unspecified atom stereocenters. The van der Waals surface area contributed by atoms with E-state index < -0.39 is 5.60 Å². The molecule has 1 heterocycles. The van der Waals surface area contributed by atoms with Crippen LogP contribution in [0.1, 0.15) is 32.6 Å². The van der Waals surface area contributed by atoms with Crippen molar-refractivity contribution in [3.05, 3.63) is 0 Å². The first-order chi connectivity index (χ1) is 7.41. The van der Waals surface area contributed by atoms with Crippen LogP contribution < -0.4 is 0 Å². The molecular weight excluding hydrogens is 204 g/mol. The third-order valence-electron chi connectivity index (χ3n) is 3.12. The number of piperidine rings is 1. The molecule has 0 bridgehead atoms. The number of carbonyl (C=O) groups is 1. The van der Waals surface area contributed by atoms with Crippen molar-refractivity contribution in [2.24, 2.45) is 0 Å². The zero-order chi connectivity index (χ0) is 12.2. The van der Waals surface area contributed by atoms with E-state index in [-0.39, 0.29) is 5.91 Å². The Morgan fingerprint density at radius 1 is 1.50 bits per heavy atom. The zero-order valence-electron chi connectivity index (χ0n) is 10.7. The molecule has 94 valence electrons. The first-order valence-corrected chi connectivity index (χ1v) is 6.06. The summed E-state index contributed by atoms with van der Waals surface area (Å²) in [5.74, 6) is 0.184. The maximum absolute atomic E-state index is 11.4. The van der Waals surface area contributed by atoms with Crippen molar-refractivity contribution < 1.29 is 9.90 Å². The Bertz CT molecular complexity index is 239. The third kappa shape index (κ3) is 4.49.